The first-order valence-electron chi connectivity index (χ1n) is 3.24. The zero-order chi connectivity index (χ0) is 11.7. The molecule has 0 rings (SSSR count). The Morgan fingerprint density at radius 2 is 1.46 bits per heavy atom. The van der Waals surface area contributed by atoms with Crippen molar-refractivity contribution in [1.82, 2.24) is 0 Å². The summed E-state index contributed by atoms with van der Waals surface area (Å²) in [5, 5.41) is 14.1. The number of hydrogen-bond donors (Lipinski definition) is 2. The van der Waals surface area contributed by atoms with Crippen LogP contribution in [0.1, 0.15) is 20.3 Å². The highest BCUT2D eigenvalue weighted by Gasteiger charge is 1.76. The van der Waals surface area contributed by atoms with Crippen molar-refractivity contribution in [2.45, 2.75) is 20.3 Å². The third-order valence-corrected chi connectivity index (χ3v) is 0.498. The van der Waals surface area contributed by atoms with Crippen LogP contribution in [-0.2, 0) is 9.59 Å². The van der Waals surface area contributed by atoms with Crippen molar-refractivity contribution >= 4 is 35.5 Å². The molecule has 0 aromatic carbocycles. The van der Waals surface area contributed by atoms with Gasteiger partial charge in [0, 0.05) is 13.5 Å². The lowest BCUT2D eigenvalue weighted by Gasteiger charge is -1.71. The highest BCUT2D eigenvalue weighted by atomic mass is 35.5. The summed E-state index contributed by atoms with van der Waals surface area (Å²) < 4.78 is 0. The van der Waals surface area contributed by atoms with E-state index in [2.05, 4.69) is 0 Å². The van der Waals surface area contributed by atoms with Crippen LogP contribution in [-0.4, -0.2) is 34.9 Å². The van der Waals surface area contributed by atoms with Gasteiger partial charge in [-0.05, 0) is 6.92 Å². The Balaban J connectivity index is -0.0000000446. The second kappa shape index (κ2) is 41.3. The first-order chi connectivity index (χ1) is 6.10. The van der Waals surface area contributed by atoms with Crippen LogP contribution < -0.4 is 0 Å². The van der Waals surface area contributed by atoms with Crippen LogP contribution in [0.15, 0.2) is 0 Å². The maximum absolute atomic E-state index is 9.81. The van der Waals surface area contributed by atoms with E-state index in [9.17, 15) is 4.79 Å². The molecule has 13 heavy (non-hydrogen) atoms. The number of rotatable bonds is 1. The van der Waals surface area contributed by atoms with Crippen LogP contribution in [0.25, 0.3) is 0 Å². The first kappa shape index (κ1) is 23.0. The van der Waals surface area contributed by atoms with Crippen molar-refractivity contribution < 1.29 is 19.8 Å². The number of hydrogen-bond acceptors (Lipinski definition) is 3. The summed E-state index contributed by atoms with van der Waals surface area (Å²) in [6, 6.07) is 0. The van der Waals surface area contributed by atoms with E-state index in [1.807, 2.05) is 6.92 Å². The molecule has 0 bridgehead atoms. The molecule has 0 heterocycles. The SMILES string of the molecule is CCC(C)=O.CO.ClCCl.O=CO. The predicted molar refractivity (Wildman–Crippen MR) is 54.4 cm³/mol. The van der Waals surface area contributed by atoms with Gasteiger partial charge in [-0.3, -0.25) is 4.79 Å². The number of aliphatic hydroxyl groups is 1. The molecule has 6 heteroatoms. The number of halogens is 2. The topological polar surface area (TPSA) is 74.6 Å². The van der Waals surface area contributed by atoms with Crippen molar-refractivity contribution in [3.8, 4) is 0 Å². The Morgan fingerprint density at radius 3 is 1.46 bits per heavy atom. The van der Waals surface area contributed by atoms with E-state index in [1.165, 1.54) is 0 Å². The standard InChI is InChI=1S/C4H8O.CH2Cl2.CH2O2.CH4O/c1-3-4(2)5;2*2-1-3;1-2/h3H2,1-2H3;1H2;1H,(H,2,3);2H,1H3. The quantitative estimate of drug-likeness (QED) is 0.536. The Hall–Kier alpha value is -0.320. The molecule has 0 atom stereocenters. The summed E-state index contributed by atoms with van der Waals surface area (Å²) in [4.78, 5) is 18.2. The minimum atomic E-state index is -0.250. The number of alkyl halides is 2. The maximum atomic E-state index is 9.81. The largest absolute Gasteiger partial charge is 0.483 e. The Morgan fingerprint density at radius 1 is 1.38 bits per heavy atom. The molecule has 82 valence electrons. The van der Waals surface area contributed by atoms with Gasteiger partial charge in [-0.25, -0.2) is 0 Å². The predicted octanol–water partition coefficient (Wildman–Crippen LogP) is 1.72. The summed E-state index contributed by atoms with van der Waals surface area (Å²) in [5.41, 5.74) is 0. The minimum absolute atomic E-state index is 0.194. The smallest absolute Gasteiger partial charge is 0.290 e. The van der Waals surface area contributed by atoms with Gasteiger partial charge in [-0.1, -0.05) is 6.92 Å². The molecule has 0 radical (unpaired) electrons. The molecule has 0 aliphatic rings. The fourth-order valence-corrected chi connectivity index (χ4v) is 0. The lowest BCUT2D eigenvalue weighted by Crippen LogP contribution is -1.80. The van der Waals surface area contributed by atoms with E-state index < -0.39 is 0 Å². The molecule has 0 aliphatic heterocycles. The third-order valence-electron chi connectivity index (χ3n) is 0.498. The van der Waals surface area contributed by atoms with Gasteiger partial charge in [-0.2, -0.15) is 0 Å². The number of carbonyl (C=O) groups excluding carboxylic acids is 1. The number of carbonyl (C=O) groups is 2. The summed E-state index contributed by atoms with van der Waals surface area (Å²) in [7, 11) is 1.00. The third kappa shape index (κ3) is 388. The number of aliphatic hydroxyl groups excluding tert-OH is 1. The molecule has 0 aromatic heterocycles. The summed E-state index contributed by atoms with van der Waals surface area (Å²) in [5.74, 6) is 0.255. The maximum Gasteiger partial charge on any atom is 0.290 e. The highest BCUT2D eigenvalue weighted by molar-refractivity contribution is 6.40. The molecule has 4 nitrogen and oxygen atoms in total. The first-order valence-corrected chi connectivity index (χ1v) is 4.31. The molecule has 0 fully saturated rings. The molecule has 0 aliphatic carbocycles. The van der Waals surface area contributed by atoms with Gasteiger partial charge in [0.1, 0.15) is 5.78 Å². The molecule has 0 aromatic rings. The van der Waals surface area contributed by atoms with Crippen LogP contribution in [0.2, 0.25) is 0 Å². The normalized spacial score (nSPS) is 5.69. The van der Waals surface area contributed by atoms with Gasteiger partial charge in [-0.15, -0.1) is 23.2 Å². The zero-order valence-electron chi connectivity index (χ0n) is 7.96. The lowest BCUT2D eigenvalue weighted by atomic mass is 10.4. The fourth-order valence-electron chi connectivity index (χ4n) is 0. The van der Waals surface area contributed by atoms with E-state index in [-0.39, 0.29) is 17.6 Å². The number of ketones is 1. The molecule has 0 spiro atoms. The molecular formula is C7H16Cl2O4. The van der Waals surface area contributed by atoms with Crippen LogP contribution in [0, 0.1) is 0 Å². The lowest BCUT2D eigenvalue weighted by molar-refractivity contribution is -0.123. The minimum Gasteiger partial charge on any atom is -0.483 e. The van der Waals surface area contributed by atoms with E-state index in [4.69, 9.17) is 38.2 Å². The average molecular weight is 235 g/mol. The van der Waals surface area contributed by atoms with Crippen LogP contribution in [0.3, 0.4) is 0 Å². The van der Waals surface area contributed by atoms with Gasteiger partial charge < -0.3 is 15.0 Å². The van der Waals surface area contributed by atoms with Crippen LogP contribution in [0.4, 0.5) is 0 Å². The zero-order valence-corrected chi connectivity index (χ0v) is 9.47. The van der Waals surface area contributed by atoms with E-state index in [0.717, 1.165) is 7.11 Å². The van der Waals surface area contributed by atoms with Gasteiger partial charge >= 0.3 is 0 Å². The average Bonchev–Trinajstić information content (AvgIpc) is 2.11. The molecule has 2 N–H and O–H groups in total. The number of Topliss-reactive ketones (excluding diaryl/α,β-unsaturated/α-hetero) is 1. The molecule has 0 unspecified atom stereocenters. The number of carboxylic acid groups (broad SMARTS) is 1. The Bertz CT molecular complexity index is 88.6. The van der Waals surface area contributed by atoms with Crippen LogP contribution in [0.5, 0.6) is 0 Å². The fraction of sp³-hybridized carbons (Fsp3) is 0.714. The van der Waals surface area contributed by atoms with Crippen molar-refractivity contribution in [1.29, 1.82) is 0 Å². The Labute approximate surface area is 88.5 Å². The second-order valence-corrected chi connectivity index (χ2v) is 2.07. The van der Waals surface area contributed by atoms with E-state index >= 15 is 0 Å². The summed E-state index contributed by atoms with van der Waals surface area (Å²) in [6.07, 6.45) is 0.667. The second-order valence-electron chi connectivity index (χ2n) is 1.26. The molecule has 0 saturated heterocycles. The Kier molecular flexibility index (Phi) is 72.9. The van der Waals surface area contributed by atoms with Gasteiger partial charge in [0.15, 0.2) is 0 Å². The molecule has 0 amide bonds. The van der Waals surface area contributed by atoms with E-state index in [1.54, 1.807) is 6.92 Å². The van der Waals surface area contributed by atoms with Crippen molar-refractivity contribution in [2.24, 2.45) is 0 Å². The monoisotopic (exact) mass is 234 g/mol. The summed E-state index contributed by atoms with van der Waals surface area (Å²) >= 11 is 9.53. The molecule has 0 saturated carbocycles. The van der Waals surface area contributed by atoms with Crippen LogP contribution >= 0.6 is 23.2 Å². The van der Waals surface area contributed by atoms with Crippen molar-refractivity contribution in [3.05, 3.63) is 0 Å². The molecular weight excluding hydrogens is 219 g/mol. The van der Waals surface area contributed by atoms with Gasteiger partial charge in [0.2, 0.25) is 0 Å². The highest BCUT2D eigenvalue weighted by Crippen LogP contribution is 1.73. The van der Waals surface area contributed by atoms with Crippen molar-refractivity contribution in [2.75, 3.05) is 12.4 Å². The van der Waals surface area contributed by atoms with Gasteiger partial charge in [0.25, 0.3) is 6.47 Å². The van der Waals surface area contributed by atoms with Crippen molar-refractivity contribution in [3.63, 3.8) is 0 Å². The van der Waals surface area contributed by atoms with E-state index in [0.29, 0.717) is 6.42 Å². The summed E-state index contributed by atoms with van der Waals surface area (Å²) in [6.45, 7) is 3.18. The van der Waals surface area contributed by atoms with Gasteiger partial charge in [0.05, 0.1) is 5.34 Å².